The summed E-state index contributed by atoms with van der Waals surface area (Å²) in [6.07, 6.45) is 6.21. The van der Waals surface area contributed by atoms with Gasteiger partial charge in [0.25, 0.3) is 0 Å². The van der Waals surface area contributed by atoms with Gasteiger partial charge < -0.3 is 4.57 Å². The van der Waals surface area contributed by atoms with Crippen molar-refractivity contribution in [3.63, 3.8) is 0 Å². The average Bonchev–Trinajstić information content (AvgIpc) is 2.33. The fourth-order valence-corrected chi connectivity index (χ4v) is 1.86. The van der Waals surface area contributed by atoms with Crippen LogP contribution in [0.1, 0.15) is 12.1 Å². The molecule has 0 fully saturated rings. The first kappa shape index (κ1) is 6.40. The van der Waals surface area contributed by atoms with Crippen LogP contribution < -0.4 is 0 Å². The van der Waals surface area contributed by atoms with E-state index in [-0.39, 0.29) is 0 Å². The number of nitrogens with zero attached hydrogens (tertiary/aromatic N) is 2. The molecule has 2 rings (SSSR count). The van der Waals surface area contributed by atoms with Crippen molar-refractivity contribution in [3.8, 4) is 0 Å². The Bertz CT molecular complexity index is 231. The minimum Gasteiger partial charge on any atom is -0.335 e. The summed E-state index contributed by atoms with van der Waals surface area (Å²) in [6.45, 7) is 1.12. The maximum absolute atomic E-state index is 4.08. The topological polar surface area (TPSA) is 17.8 Å². The molecule has 0 aromatic carbocycles. The highest BCUT2D eigenvalue weighted by Crippen LogP contribution is 2.19. The average molecular weight is 201 g/mol. The van der Waals surface area contributed by atoms with Crippen molar-refractivity contribution in [3.05, 3.63) is 18.2 Å². The fraction of sp³-hybridized carbons (Fsp3) is 0.571. The van der Waals surface area contributed by atoms with Crippen LogP contribution in [0.4, 0.5) is 0 Å². The number of halogens is 1. The molecule has 2 nitrogen and oxygen atoms in total. The summed E-state index contributed by atoms with van der Waals surface area (Å²) in [5.41, 5.74) is 1.35. The van der Waals surface area contributed by atoms with Crippen molar-refractivity contribution >= 4 is 15.9 Å². The predicted octanol–water partition coefficient (Wildman–Crippen LogP) is 1.59. The molecule has 0 N–H and O–H groups in total. The van der Waals surface area contributed by atoms with E-state index in [0.717, 1.165) is 13.0 Å². The summed E-state index contributed by atoms with van der Waals surface area (Å²) >= 11 is 3.60. The highest BCUT2D eigenvalue weighted by atomic mass is 79.9. The van der Waals surface area contributed by atoms with Gasteiger partial charge in [-0.1, -0.05) is 15.9 Å². The molecule has 0 amide bonds. The highest BCUT2D eigenvalue weighted by molar-refractivity contribution is 9.09. The fourth-order valence-electron chi connectivity index (χ4n) is 1.33. The summed E-state index contributed by atoms with van der Waals surface area (Å²) in [5.74, 6) is 0. The minimum absolute atomic E-state index is 0.664. The number of alkyl halides is 1. The van der Waals surface area contributed by atoms with Gasteiger partial charge in [-0.25, -0.2) is 4.98 Å². The Labute approximate surface area is 68.4 Å². The number of fused-ring (bicyclic) bond motifs is 1. The molecular formula is C7H9BrN2. The third kappa shape index (κ3) is 0.985. The molecule has 1 unspecified atom stereocenters. The van der Waals surface area contributed by atoms with Crippen LogP contribution in [0.3, 0.4) is 0 Å². The van der Waals surface area contributed by atoms with E-state index in [0.29, 0.717) is 4.83 Å². The van der Waals surface area contributed by atoms with E-state index in [1.807, 2.05) is 12.5 Å². The number of hydrogen-bond acceptors (Lipinski definition) is 1. The van der Waals surface area contributed by atoms with Gasteiger partial charge >= 0.3 is 0 Å². The van der Waals surface area contributed by atoms with Gasteiger partial charge in [-0.3, -0.25) is 0 Å². The molecule has 1 aliphatic heterocycles. The van der Waals surface area contributed by atoms with Gasteiger partial charge in [-0.2, -0.15) is 0 Å². The molecule has 3 heteroatoms. The third-order valence-corrected chi connectivity index (χ3v) is 2.69. The van der Waals surface area contributed by atoms with Gasteiger partial charge in [-0.15, -0.1) is 0 Å². The van der Waals surface area contributed by atoms with Crippen LogP contribution in [0.25, 0.3) is 0 Å². The second-order valence-electron chi connectivity index (χ2n) is 2.67. The van der Waals surface area contributed by atoms with Crippen LogP contribution in [0.15, 0.2) is 12.5 Å². The van der Waals surface area contributed by atoms with E-state index in [1.54, 1.807) is 0 Å². The molecule has 2 heterocycles. The van der Waals surface area contributed by atoms with Crippen molar-refractivity contribution in [2.24, 2.45) is 0 Å². The number of aryl methyl sites for hydroxylation is 1. The van der Waals surface area contributed by atoms with Crippen LogP contribution in [0.5, 0.6) is 0 Å². The molecule has 0 aliphatic carbocycles. The molecule has 54 valence electrons. The highest BCUT2D eigenvalue weighted by Gasteiger charge is 2.14. The summed E-state index contributed by atoms with van der Waals surface area (Å²) in [4.78, 5) is 4.74. The van der Waals surface area contributed by atoms with E-state index in [1.165, 1.54) is 12.1 Å². The SMILES string of the molecule is BrC1CCn2cncc2C1. The minimum atomic E-state index is 0.664. The van der Waals surface area contributed by atoms with Crippen molar-refractivity contribution in [2.75, 3.05) is 0 Å². The van der Waals surface area contributed by atoms with Gasteiger partial charge in [0, 0.05) is 29.7 Å². The Balaban J connectivity index is 2.30. The van der Waals surface area contributed by atoms with Gasteiger partial charge in [-0.05, 0) is 6.42 Å². The number of aromatic nitrogens is 2. The normalized spacial score (nSPS) is 24.3. The maximum atomic E-state index is 4.08. The van der Waals surface area contributed by atoms with Crippen LogP contribution >= 0.6 is 15.9 Å². The zero-order valence-corrected chi connectivity index (χ0v) is 7.21. The van der Waals surface area contributed by atoms with Gasteiger partial charge in [0.2, 0.25) is 0 Å². The number of hydrogen-bond donors (Lipinski definition) is 0. The maximum Gasteiger partial charge on any atom is 0.0948 e. The molecular weight excluding hydrogens is 192 g/mol. The Morgan fingerprint density at radius 2 is 2.60 bits per heavy atom. The van der Waals surface area contributed by atoms with E-state index in [2.05, 4.69) is 25.5 Å². The first-order chi connectivity index (χ1) is 4.86. The Morgan fingerprint density at radius 1 is 1.70 bits per heavy atom. The number of imidazole rings is 1. The summed E-state index contributed by atoms with van der Waals surface area (Å²) in [7, 11) is 0. The molecule has 0 saturated carbocycles. The summed E-state index contributed by atoms with van der Waals surface area (Å²) < 4.78 is 2.22. The van der Waals surface area contributed by atoms with Gasteiger partial charge in [0.05, 0.1) is 6.33 Å². The van der Waals surface area contributed by atoms with Crippen LogP contribution in [0.2, 0.25) is 0 Å². The van der Waals surface area contributed by atoms with Crippen LogP contribution in [-0.4, -0.2) is 14.4 Å². The lowest BCUT2D eigenvalue weighted by Gasteiger charge is -2.18. The number of rotatable bonds is 0. The Hall–Kier alpha value is -0.310. The third-order valence-electron chi connectivity index (χ3n) is 1.91. The zero-order chi connectivity index (χ0) is 6.97. The Morgan fingerprint density at radius 3 is 3.50 bits per heavy atom. The molecule has 0 spiro atoms. The molecule has 0 bridgehead atoms. The van der Waals surface area contributed by atoms with Crippen molar-refractivity contribution in [2.45, 2.75) is 24.2 Å². The quantitative estimate of drug-likeness (QED) is 0.583. The van der Waals surface area contributed by atoms with Crippen molar-refractivity contribution in [1.82, 2.24) is 9.55 Å². The first-order valence-electron chi connectivity index (χ1n) is 3.49. The molecule has 10 heavy (non-hydrogen) atoms. The zero-order valence-electron chi connectivity index (χ0n) is 5.63. The monoisotopic (exact) mass is 200 g/mol. The second kappa shape index (κ2) is 2.38. The lowest BCUT2D eigenvalue weighted by atomic mass is 10.1. The standard InChI is InChI=1S/C7H9BrN2/c8-6-1-2-10-5-9-4-7(10)3-6/h4-6H,1-3H2. The first-order valence-corrected chi connectivity index (χ1v) is 4.41. The lowest BCUT2D eigenvalue weighted by molar-refractivity contribution is 0.547. The van der Waals surface area contributed by atoms with E-state index in [9.17, 15) is 0 Å². The molecule has 1 aromatic heterocycles. The van der Waals surface area contributed by atoms with Crippen LogP contribution in [0, 0.1) is 0 Å². The van der Waals surface area contributed by atoms with Gasteiger partial charge in [0.15, 0.2) is 0 Å². The van der Waals surface area contributed by atoms with E-state index in [4.69, 9.17) is 0 Å². The molecule has 0 saturated heterocycles. The van der Waals surface area contributed by atoms with Crippen molar-refractivity contribution in [1.29, 1.82) is 0 Å². The van der Waals surface area contributed by atoms with Gasteiger partial charge in [0.1, 0.15) is 0 Å². The summed E-state index contributed by atoms with van der Waals surface area (Å²) in [6, 6.07) is 0. The molecule has 0 radical (unpaired) electrons. The van der Waals surface area contributed by atoms with E-state index >= 15 is 0 Å². The van der Waals surface area contributed by atoms with Crippen molar-refractivity contribution < 1.29 is 0 Å². The smallest absolute Gasteiger partial charge is 0.0948 e. The molecule has 1 aliphatic rings. The predicted molar refractivity (Wildman–Crippen MR) is 43.3 cm³/mol. The molecule has 1 atom stereocenters. The largest absolute Gasteiger partial charge is 0.335 e. The lowest BCUT2D eigenvalue weighted by Crippen LogP contribution is -2.17. The van der Waals surface area contributed by atoms with Crippen LogP contribution in [-0.2, 0) is 13.0 Å². The summed E-state index contributed by atoms with van der Waals surface area (Å²) in [5, 5.41) is 0. The van der Waals surface area contributed by atoms with E-state index < -0.39 is 0 Å². The second-order valence-corrected chi connectivity index (χ2v) is 3.96. The molecule has 1 aromatic rings. The Kier molecular flexibility index (Phi) is 1.52.